The summed E-state index contributed by atoms with van der Waals surface area (Å²) in [7, 11) is 0. The molecule has 1 rings (SSSR count). The molecule has 0 radical (unpaired) electrons. The Kier molecular flexibility index (Phi) is 7.26. The van der Waals surface area contributed by atoms with E-state index in [0.717, 1.165) is 6.42 Å². The Labute approximate surface area is 79.9 Å². The van der Waals surface area contributed by atoms with Crippen LogP contribution in [-0.2, 0) is 0 Å². The Morgan fingerprint density at radius 3 is 1.85 bits per heavy atom. The molecular weight excluding hydrogens is 164 g/mol. The maximum atomic E-state index is 8.11. The number of aryl methyl sites for hydroxylation is 1. The summed E-state index contributed by atoms with van der Waals surface area (Å²) in [4.78, 5) is 0. The predicted octanol–water partition coefficient (Wildman–Crippen LogP) is 2.09. The number of benzene rings is 1. The Balaban J connectivity index is 0.000000226. The van der Waals surface area contributed by atoms with Crippen LogP contribution in [0, 0.1) is 6.92 Å². The number of hydrogen-bond donors (Lipinski definition) is 2. The van der Waals surface area contributed by atoms with Gasteiger partial charge >= 0.3 is 0 Å². The van der Waals surface area contributed by atoms with Crippen molar-refractivity contribution in [3.8, 4) is 0 Å². The SMILES string of the molecule is CCCC(O)O.Cc1ccccc1. The van der Waals surface area contributed by atoms with E-state index in [1.807, 2.05) is 25.1 Å². The molecule has 0 saturated carbocycles. The number of rotatable bonds is 2. The molecule has 0 saturated heterocycles. The van der Waals surface area contributed by atoms with Crippen molar-refractivity contribution >= 4 is 0 Å². The molecule has 0 heterocycles. The van der Waals surface area contributed by atoms with Crippen LogP contribution in [0.3, 0.4) is 0 Å². The lowest BCUT2D eigenvalue weighted by molar-refractivity contribution is -0.0453. The highest BCUT2D eigenvalue weighted by molar-refractivity contribution is 5.11. The van der Waals surface area contributed by atoms with Crippen LogP contribution < -0.4 is 0 Å². The van der Waals surface area contributed by atoms with Gasteiger partial charge in [0, 0.05) is 0 Å². The molecule has 74 valence electrons. The monoisotopic (exact) mass is 182 g/mol. The minimum atomic E-state index is -1.10. The fourth-order valence-electron chi connectivity index (χ4n) is 0.793. The summed E-state index contributed by atoms with van der Waals surface area (Å²) in [6.45, 7) is 3.99. The van der Waals surface area contributed by atoms with E-state index in [-0.39, 0.29) is 0 Å². The fourth-order valence-corrected chi connectivity index (χ4v) is 0.793. The van der Waals surface area contributed by atoms with Crippen molar-refractivity contribution in [2.75, 3.05) is 0 Å². The van der Waals surface area contributed by atoms with E-state index in [9.17, 15) is 0 Å². The lowest BCUT2D eigenvalue weighted by atomic mass is 10.2. The van der Waals surface area contributed by atoms with Crippen molar-refractivity contribution in [3.63, 3.8) is 0 Å². The summed E-state index contributed by atoms with van der Waals surface area (Å²) in [6, 6.07) is 10.3. The van der Waals surface area contributed by atoms with Crippen molar-refractivity contribution in [1.29, 1.82) is 0 Å². The lowest BCUT2D eigenvalue weighted by Crippen LogP contribution is -2.01. The topological polar surface area (TPSA) is 40.5 Å². The maximum absolute atomic E-state index is 8.11. The Hall–Kier alpha value is -0.860. The molecule has 1 aromatic rings. The Morgan fingerprint density at radius 2 is 1.69 bits per heavy atom. The highest BCUT2D eigenvalue weighted by atomic mass is 16.5. The minimum absolute atomic E-state index is 0.486. The molecule has 2 nitrogen and oxygen atoms in total. The second-order valence-electron chi connectivity index (χ2n) is 2.92. The van der Waals surface area contributed by atoms with Gasteiger partial charge in [0.1, 0.15) is 0 Å². The van der Waals surface area contributed by atoms with Gasteiger partial charge < -0.3 is 10.2 Å². The molecule has 0 spiro atoms. The summed E-state index contributed by atoms with van der Waals surface area (Å²) in [5, 5.41) is 16.2. The summed E-state index contributed by atoms with van der Waals surface area (Å²) in [5.74, 6) is 0. The quantitative estimate of drug-likeness (QED) is 0.687. The summed E-state index contributed by atoms with van der Waals surface area (Å²) in [6.07, 6.45) is 0.215. The first-order valence-electron chi connectivity index (χ1n) is 4.54. The highest BCUT2D eigenvalue weighted by Crippen LogP contribution is 1.92. The van der Waals surface area contributed by atoms with Crippen LogP contribution in [0.2, 0.25) is 0 Å². The third-order valence-corrected chi connectivity index (χ3v) is 1.49. The highest BCUT2D eigenvalue weighted by Gasteiger charge is 1.89. The van der Waals surface area contributed by atoms with Crippen LogP contribution in [0.25, 0.3) is 0 Å². The molecule has 0 bridgehead atoms. The largest absolute Gasteiger partial charge is 0.368 e. The summed E-state index contributed by atoms with van der Waals surface area (Å²) < 4.78 is 0. The first-order valence-corrected chi connectivity index (χ1v) is 4.54. The predicted molar refractivity (Wildman–Crippen MR) is 54.3 cm³/mol. The molecule has 0 amide bonds. The van der Waals surface area contributed by atoms with Crippen LogP contribution in [0.5, 0.6) is 0 Å². The van der Waals surface area contributed by atoms with Crippen molar-refractivity contribution < 1.29 is 10.2 Å². The second-order valence-corrected chi connectivity index (χ2v) is 2.92. The smallest absolute Gasteiger partial charge is 0.151 e. The van der Waals surface area contributed by atoms with Gasteiger partial charge in [-0.05, 0) is 13.3 Å². The van der Waals surface area contributed by atoms with Crippen LogP contribution in [-0.4, -0.2) is 16.5 Å². The molecule has 0 fully saturated rings. The molecule has 0 aliphatic heterocycles. The van der Waals surface area contributed by atoms with Gasteiger partial charge in [-0.2, -0.15) is 0 Å². The zero-order valence-corrected chi connectivity index (χ0v) is 8.27. The van der Waals surface area contributed by atoms with Crippen LogP contribution in [0.15, 0.2) is 30.3 Å². The van der Waals surface area contributed by atoms with Gasteiger partial charge in [-0.1, -0.05) is 49.2 Å². The van der Waals surface area contributed by atoms with E-state index in [1.54, 1.807) is 0 Å². The number of hydrogen-bond acceptors (Lipinski definition) is 2. The van der Waals surface area contributed by atoms with Gasteiger partial charge in [-0.15, -0.1) is 0 Å². The second kappa shape index (κ2) is 7.77. The van der Waals surface area contributed by atoms with E-state index in [4.69, 9.17) is 10.2 Å². The fraction of sp³-hybridized carbons (Fsp3) is 0.455. The van der Waals surface area contributed by atoms with Gasteiger partial charge in [0.05, 0.1) is 0 Å². The normalized spacial score (nSPS) is 9.31. The third-order valence-electron chi connectivity index (χ3n) is 1.49. The Morgan fingerprint density at radius 1 is 1.15 bits per heavy atom. The van der Waals surface area contributed by atoms with Gasteiger partial charge in [0.15, 0.2) is 6.29 Å². The lowest BCUT2D eigenvalue weighted by Gasteiger charge is -1.94. The molecular formula is C11H18O2. The van der Waals surface area contributed by atoms with Gasteiger partial charge in [-0.3, -0.25) is 0 Å². The average molecular weight is 182 g/mol. The zero-order valence-electron chi connectivity index (χ0n) is 8.27. The van der Waals surface area contributed by atoms with Crippen molar-refractivity contribution in [2.45, 2.75) is 33.0 Å². The van der Waals surface area contributed by atoms with Crippen molar-refractivity contribution in [1.82, 2.24) is 0 Å². The van der Waals surface area contributed by atoms with Gasteiger partial charge in [-0.25, -0.2) is 0 Å². The molecule has 0 aliphatic carbocycles. The third kappa shape index (κ3) is 9.05. The van der Waals surface area contributed by atoms with E-state index < -0.39 is 6.29 Å². The first kappa shape index (κ1) is 12.1. The number of aliphatic hydroxyl groups excluding tert-OH is 1. The molecule has 0 aromatic heterocycles. The maximum Gasteiger partial charge on any atom is 0.151 e. The average Bonchev–Trinajstić information content (AvgIpc) is 2.06. The zero-order chi connectivity index (χ0) is 10.1. The van der Waals surface area contributed by atoms with Crippen molar-refractivity contribution in [2.24, 2.45) is 0 Å². The van der Waals surface area contributed by atoms with E-state index in [1.165, 1.54) is 5.56 Å². The molecule has 2 N–H and O–H groups in total. The van der Waals surface area contributed by atoms with Crippen LogP contribution in [0.4, 0.5) is 0 Å². The van der Waals surface area contributed by atoms with Gasteiger partial charge in [0.25, 0.3) is 0 Å². The molecule has 0 aliphatic rings. The molecule has 13 heavy (non-hydrogen) atoms. The molecule has 2 heteroatoms. The van der Waals surface area contributed by atoms with E-state index >= 15 is 0 Å². The van der Waals surface area contributed by atoms with Crippen LogP contribution in [0.1, 0.15) is 25.3 Å². The van der Waals surface area contributed by atoms with Crippen molar-refractivity contribution in [3.05, 3.63) is 35.9 Å². The standard InChI is InChI=1S/C7H8.C4H10O2/c1-7-5-3-2-4-6-7;1-2-3-4(5)6/h2-6H,1H3;4-6H,2-3H2,1H3. The minimum Gasteiger partial charge on any atom is -0.368 e. The van der Waals surface area contributed by atoms with Crippen LogP contribution >= 0.6 is 0 Å². The summed E-state index contributed by atoms with van der Waals surface area (Å²) in [5.41, 5.74) is 1.32. The van der Waals surface area contributed by atoms with E-state index in [0.29, 0.717) is 6.42 Å². The summed E-state index contributed by atoms with van der Waals surface area (Å²) >= 11 is 0. The Bertz CT molecular complexity index is 195. The molecule has 0 unspecified atom stereocenters. The van der Waals surface area contributed by atoms with Gasteiger partial charge in [0.2, 0.25) is 0 Å². The van der Waals surface area contributed by atoms with E-state index in [2.05, 4.69) is 19.1 Å². The molecule has 0 atom stereocenters. The molecule has 1 aromatic carbocycles. The first-order chi connectivity index (χ1) is 6.16. The number of aliphatic hydroxyl groups is 2.